The number of para-hydroxylation sites is 3. The quantitative estimate of drug-likeness (QED) is 0.116. The minimum Gasteiger partial charge on any atom is -0.309 e. The highest BCUT2D eigenvalue weighted by atomic mass is 15.0. The van der Waals surface area contributed by atoms with Crippen molar-refractivity contribution < 1.29 is 0 Å². The van der Waals surface area contributed by atoms with Gasteiger partial charge in [-0.15, -0.1) is 0 Å². The van der Waals surface area contributed by atoms with Gasteiger partial charge < -0.3 is 18.3 Å². The maximum atomic E-state index is 2.50. The first-order valence-corrected chi connectivity index (χ1v) is 36.5. The molecular formula is C102H66N4. The summed E-state index contributed by atoms with van der Waals surface area (Å²) in [6.45, 7) is 0. The first-order chi connectivity index (χ1) is 52.6. The molecule has 0 aliphatic rings. The Kier molecular flexibility index (Phi) is 14.2. The summed E-state index contributed by atoms with van der Waals surface area (Å²) in [6.07, 6.45) is 0. The van der Waals surface area contributed by atoms with E-state index in [1.807, 2.05) is 0 Å². The number of benzene rings is 17. The molecule has 21 aromatic rings. The molecule has 4 heteroatoms. The molecule has 106 heavy (non-hydrogen) atoms. The van der Waals surface area contributed by atoms with Crippen molar-refractivity contribution in [2.24, 2.45) is 0 Å². The van der Waals surface area contributed by atoms with Crippen LogP contribution in [0, 0.1) is 0 Å². The molecular weight excluding hydrogens is 1280 g/mol. The Balaban J connectivity index is 0.691. The van der Waals surface area contributed by atoms with Gasteiger partial charge in [-0.25, -0.2) is 0 Å². The lowest BCUT2D eigenvalue weighted by Crippen LogP contribution is -1.96. The number of hydrogen-bond acceptors (Lipinski definition) is 0. The van der Waals surface area contributed by atoms with Crippen molar-refractivity contribution in [1.82, 2.24) is 18.3 Å². The van der Waals surface area contributed by atoms with E-state index in [1.165, 1.54) is 115 Å². The van der Waals surface area contributed by atoms with Crippen LogP contribution in [0.4, 0.5) is 0 Å². The average molecular weight is 1350 g/mol. The Hall–Kier alpha value is -14.1. The summed E-state index contributed by atoms with van der Waals surface area (Å²) in [4.78, 5) is 0. The molecule has 0 atom stereocenters. The summed E-state index contributed by atoms with van der Waals surface area (Å²) in [7, 11) is 0. The first-order valence-electron chi connectivity index (χ1n) is 36.5. The minimum absolute atomic E-state index is 1.10. The Bertz CT molecular complexity index is 6980. The van der Waals surface area contributed by atoms with Gasteiger partial charge in [-0.3, -0.25) is 0 Å². The Morgan fingerprint density at radius 2 is 0.349 bits per heavy atom. The second-order valence-electron chi connectivity index (χ2n) is 27.9. The van der Waals surface area contributed by atoms with Crippen LogP contribution in [0.1, 0.15) is 0 Å². The van der Waals surface area contributed by atoms with Crippen molar-refractivity contribution in [1.29, 1.82) is 0 Å². The largest absolute Gasteiger partial charge is 0.309 e. The number of nitrogens with zero attached hydrogens (tertiary/aromatic N) is 4. The fourth-order valence-corrected chi connectivity index (χ4v) is 17.0. The number of aromatic nitrogens is 4. The van der Waals surface area contributed by atoms with E-state index in [2.05, 4.69) is 419 Å². The number of hydrogen-bond donors (Lipinski definition) is 0. The zero-order valence-electron chi connectivity index (χ0n) is 57.9. The van der Waals surface area contributed by atoms with Crippen molar-refractivity contribution in [3.05, 3.63) is 400 Å². The molecule has 0 spiro atoms. The van der Waals surface area contributed by atoms with E-state index in [9.17, 15) is 0 Å². The molecule has 0 N–H and O–H groups in total. The molecule has 0 bridgehead atoms. The summed E-state index contributed by atoms with van der Waals surface area (Å²) < 4.78 is 9.91. The van der Waals surface area contributed by atoms with Crippen LogP contribution in [0.3, 0.4) is 0 Å². The third-order valence-electron chi connectivity index (χ3n) is 22.0. The zero-order chi connectivity index (χ0) is 69.8. The van der Waals surface area contributed by atoms with Gasteiger partial charge in [-0.1, -0.05) is 291 Å². The molecule has 0 saturated carbocycles. The van der Waals surface area contributed by atoms with E-state index >= 15 is 0 Å². The van der Waals surface area contributed by atoms with Gasteiger partial charge in [0.05, 0.1) is 44.1 Å². The predicted octanol–water partition coefficient (Wildman–Crippen LogP) is 27.4. The second kappa shape index (κ2) is 24.9. The summed E-state index contributed by atoms with van der Waals surface area (Å²) >= 11 is 0. The molecule has 4 heterocycles. The monoisotopic (exact) mass is 1350 g/mol. The molecule has 494 valence electrons. The third kappa shape index (κ3) is 10.1. The van der Waals surface area contributed by atoms with Gasteiger partial charge in [0.15, 0.2) is 0 Å². The van der Waals surface area contributed by atoms with Crippen LogP contribution in [0.15, 0.2) is 400 Å². The highest BCUT2D eigenvalue weighted by Crippen LogP contribution is 2.47. The normalized spacial score (nSPS) is 11.8. The average Bonchev–Trinajstić information content (AvgIpc) is 1.55. The van der Waals surface area contributed by atoms with Crippen molar-refractivity contribution in [3.8, 4) is 112 Å². The topological polar surface area (TPSA) is 19.7 Å². The van der Waals surface area contributed by atoms with Gasteiger partial charge in [0.1, 0.15) is 0 Å². The summed E-state index contributed by atoms with van der Waals surface area (Å²) in [5.41, 5.74) is 32.6. The maximum Gasteiger partial charge on any atom is 0.0548 e. The van der Waals surface area contributed by atoms with Gasteiger partial charge in [-0.2, -0.15) is 0 Å². The SMILES string of the molecule is c1ccc(-c2ccc(-c3cccc(-n4c5ccccc5c5c6c7ccccc7n(-c7cc(-c8ccccc8)cc(-c8ccc(-c9ccc%10c(c9)c9c%11c%12ccccc%12n(-c%12cccc(-c%13ccc(-c%14ccccc%14)cc%13)c%12)c%11ccc9n%10-c9ccc(-c%10ccccc%10)cc9)cc8)c7)c6ccc54)c3)cc2)cc1. The van der Waals surface area contributed by atoms with E-state index < -0.39 is 0 Å². The van der Waals surface area contributed by atoms with Crippen molar-refractivity contribution in [2.75, 3.05) is 0 Å². The molecule has 0 radical (unpaired) electrons. The van der Waals surface area contributed by atoms with Crippen LogP contribution < -0.4 is 0 Å². The van der Waals surface area contributed by atoms with E-state index in [0.29, 0.717) is 0 Å². The van der Waals surface area contributed by atoms with Crippen molar-refractivity contribution >= 4 is 87.2 Å². The van der Waals surface area contributed by atoms with E-state index in [4.69, 9.17) is 0 Å². The Labute approximate surface area is 613 Å². The van der Waals surface area contributed by atoms with Crippen LogP contribution in [0.5, 0.6) is 0 Å². The molecule has 0 saturated heterocycles. The van der Waals surface area contributed by atoms with Crippen molar-refractivity contribution in [2.45, 2.75) is 0 Å². The second-order valence-corrected chi connectivity index (χ2v) is 27.9. The first kappa shape index (κ1) is 60.7. The molecule has 17 aromatic carbocycles. The van der Waals surface area contributed by atoms with Crippen LogP contribution in [-0.4, -0.2) is 18.3 Å². The minimum atomic E-state index is 1.10. The smallest absolute Gasteiger partial charge is 0.0548 e. The molecule has 0 aliphatic carbocycles. The lowest BCUT2D eigenvalue weighted by molar-refractivity contribution is 1.17. The fraction of sp³-hybridized carbons (Fsp3) is 0. The summed E-state index contributed by atoms with van der Waals surface area (Å²) in [5.74, 6) is 0. The number of fused-ring (bicyclic) bond motifs is 14. The van der Waals surface area contributed by atoms with Crippen LogP contribution in [-0.2, 0) is 0 Å². The van der Waals surface area contributed by atoms with Gasteiger partial charge in [-0.05, 0) is 198 Å². The van der Waals surface area contributed by atoms with Crippen LogP contribution >= 0.6 is 0 Å². The number of rotatable bonds is 12. The molecule has 0 fully saturated rings. The highest BCUT2D eigenvalue weighted by molar-refractivity contribution is 6.30. The predicted molar refractivity (Wildman–Crippen MR) is 447 cm³/mol. The lowest BCUT2D eigenvalue weighted by atomic mass is 9.95. The highest BCUT2D eigenvalue weighted by Gasteiger charge is 2.25. The van der Waals surface area contributed by atoms with E-state index in [0.717, 1.165) is 83.7 Å². The Morgan fingerprint density at radius 1 is 0.113 bits per heavy atom. The third-order valence-corrected chi connectivity index (χ3v) is 22.0. The van der Waals surface area contributed by atoms with Crippen LogP contribution in [0.25, 0.3) is 199 Å². The van der Waals surface area contributed by atoms with E-state index in [1.54, 1.807) is 0 Å². The molecule has 0 unspecified atom stereocenters. The summed E-state index contributed by atoms with van der Waals surface area (Å²) in [6, 6.07) is 148. The zero-order valence-corrected chi connectivity index (χ0v) is 57.9. The maximum absolute atomic E-state index is 2.50. The molecule has 0 amide bonds. The Morgan fingerprint density at radius 3 is 0.736 bits per heavy atom. The lowest BCUT2D eigenvalue weighted by Gasteiger charge is -2.15. The molecule has 4 nitrogen and oxygen atoms in total. The molecule has 4 aromatic heterocycles. The molecule has 0 aliphatic heterocycles. The van der Waals surface area contributed by atoms with E-state index in [-0.39, 0.29) is 0 Å². The van der Waals surface area contributed by atoms with Gasteiger partial charge >= 0.3 is 0 Å². The fourth-order valence-electron chi connectivity index (χ4n) is 17.0. The summed E-state index contributed by atoms with van der Waals surface area (Å²) in [5, 5.41) is 9.81. The van der Waals surface area contributed by atoms with Gasteiger partial charge in [0.2, 0.25) is 0 Å². The molecule has 21 rings (SSSR count). The van der Waals surface area contributed by atoms with Crippen molar-refractivity contribution in [3.63, 3.8) is 0 Å². The standard InChI is InChI=1S/C102H66N4/c1-5-21-67(22-6-1)71-39-43-74(44-40-71)78-29-19-31-84(62-78)104-91-36-16-13-33-87(91)99-95(104)57-59-97-100(99)89-35-15-18-38-93(89)106(97)86-64-81(70-27-11-4-12-28-70)61-82(65-86)77-49-47-76(48-50-77)80-53-56-94-90(66-80)102-98(103(94)83-54-51-73(52-55-83)69-25-9-3-10-26-69)60-58-96-101(102)88-34-14-17-37-92(88)105(96)85-32-20-30-79(63-85)75-45-41-72(42-46-75)68-23-7-2-8-24-68/h1-66H. The van der Waals surface area contributed by atoms with Gasteiger partial charge in [0, 0.05) is 65.8 Å². The van der Waals surface area contributed by atoms with Gasteiger partial charge in [0.25, 0.3) is 0 Å². The van der Waals surface area contributed by atoms with Crippen LogP contribution in [0.2, 0.25) is 0 Å².